The first-order valence-corrected chi connectivity index (χ1v) is 11.4. The van der Waals surface area contributed by atoms with E-state index >= 15 is 0 Å². The van der Waals surface area contributed by atoms with Crippen molar-refractivity contribution in [2.45, 2.75) is 31.2 Å². The summed E-state index contributed by atoms with van der Waals surface area (Å²) in [5.41, 5.74) is 3.04. The average molecular weight is 448 g/mol. The van der Waals surface area contributed by atoms with Gasteiger partial charge in [-0.15, -0.1) is 0 Å². The number of likely N-dealkylation sites (tertiary alicyclic amines) is 1. The number of benzene rings is 2. The second-order valence-corrected chi connectivity index (χ2v) is 8.85. The lowest BCUT2D eigenvalue weighted by molar-refractivity contribution is -0.129. The lowest BCUT2D eigenvalue weighted by Gasteiger charge is -2.22. The molecule has 0 spiro atoms. The largest absolute Gasteiger partial charge is 0.493 e. The lowest BCUT2D eigenvalue weighted by Crippen LogP contribution is -2.36. The van der Waals surface area contributed by atoms with Crippen LogP contribution < -0.4 is 14.8 Å². The highest BCUT2D eigenvalue weighted by atomic mass is 16.5. The van der Waals surface area contributed by atoms with Crippen LogP contribution in [0, 0.1) is 5.92 Å². The number of methoxy groups -OCH3 is 2. The molecule has 33 heavy (non-hydrogen) atoms. The number of fused-ring (bicyclic) bond motifs is 1. The van der Waals surface area contributed by atoms with Crippen molar-refractivity contribution in [2.24, 2.45) is 5.92 Å². The Morgan fingerprint density at radius 3 is 2.70 bits per heavy atom. The van der Waals surface area contributed by atoms with Crippen LogP contribution in [0.5, 0.6) is 11.5 Å². The van der Waals surface area contributed by atoms with Gasteiger partial charge in [-0.2, -0.15) is 0 Å². The van der Waals surface area contributed by atoms with Gasteiger partial charge in [0.15, 0.2) is 11.5 Å². The molecule has 7 heteroatoms. The van der Waals surface area contributed by atoms with Gasteiger partial charge in [-0.1, -0.05) is 30.3 Å². The molecule has 0 unspecified atom stereocenters. The van der Waals surface area contributed by atoms with Crippen molar-refractivity contribution in [1.29, 1.82) is 0 Å². The summed E-state index contributed by atoms with van der Waals surface area (Å²) in [5.74, 6) is 0.868. The summed E-state index contributed by atoms with van der Waals surface area (Å²) in [6, 6.07) is 14.3. The topological polar surface area (TPSA) is 83.7 Å². The number of hydrogen-bond donors (Lipinski definition) is 2. The van der Waals surface area contributed by atoms with Crippen molar-refractivity contribution in [3.63, 3.8) is 0 Å². The third-order valence-electron chi connectivity index (χ3n) is 6.80. The van der Waals surface area contributed by atoms with Gasteiger partial charge in [-0.25, -0.2) is 0 Å². The maximum absolute atomic E-state index is 13.1. The van der Waals surface area contributed by atoms with Crippen LogP contribution in [0.25, 0.3) is 10.9 Å². The first kappa shape index (κ1) is 21.4. The van der Waals surface area contributed by atoms with E-state index < -0.39 is 0 Å². The predicted octanol–water partition coefficient (Wildman–Crippen LogP) is 3.44. The number of nitrogens with zero attached hydrogens (tertiary/aromatic N) is 1. The molecule has 2 aromatic carbocycles. The molecular formula is C26H29N3O4. The maximum atomic E-state index is 13.1. The van der Waals surface area contributed by atoms with Crippen LogP contribution in [-0.2, 0) is 9.59 Å². The summed E-state index contributed by atoms with van der Waals surface area (Å²) >= 11 is 0. The first-order valence-electron chi connectivity index (χ1n) is 11.4. The minimum atomic E-state index is -0.297. The number of para-hydroxylation sites is 2. The number of aromatic nitrogens is 1. The molecule has 7 nitrogen and oxygen atoms in total. The molecule has 1 saturated heterocycles. The second kappa shape index (κ2) is 8.81. The molecule has 2 fully saturated rings. The second-order valence-electron chi connectivity index (χ2n) is 8.85. The van der Waals surface area contributed by atoms with Crippen molar-refractivity contribution >= 4 is 22.7 Å². The number of amides is 2. The zero-order chi connectivity index (χ0) is 22.9. The van der Waals surface area contributed by atoms with Crippen molar-refractivity contribution in [1.82, 2.24) is 15.2 Å². The van der Waals surface area contributed by atoms with Gasteiger partial charge < -0.3 is 24.7 Å². The summed E-state index contributed by atoms with van der Waals surface area (Å²) in [7, 11) is 3.25. The molecule has 2 amide bonds. The third kappa shape index (κ3) is 4.03. The van der Waals surface area contributed by atoms with Crippen molar-refractivity contribution in [3.8, 4) is 11.5 Å². The quantitative estimate of drug-likeness (QED) is 0.554. The summed E-state index contributed by atoms with van der Waals surface area (Å²) in [6.45, 7) is 0.911. The zero-order valence-corrected chi connectivity index (χ0v) is 19.0. The number of nitrogens with one attached hydrogen (secondary N) is 2. The van der Waals surface area contributed by atoms with Crippen molar-refractivity contribution in [2.75, 3.05) is 27.3 Å². The lowest BCUT2D eigenvalue weighted by atomic mass is 9.89. The molecule has 2 N–H and O–H groups in total. The van der Waals surface area contributed by atoms with Gasteiger partial charge in [0.1, 0.15) is 0 Å². The number of rotatable bonds is 8. The van der Waals surface area contributed by atoms with Gasteiger partial charge in [0.2, 0.25) is 11.8 Å². The van der Waals surface area contributed by atoms with E-state index in [4.69, 9.17) is 9.47 Å². The van der Waals surface area contributed by atoms with E-state index in [1.165, 1.54) is 0 Å². The Hall–Kier alpha value is -3.48. The number of ether oxygens (including phenoxy) is 2. The van der Waals surface area contributed by atoms with Gasteiger partial charge in [0.05, 0.1) is 20.1 Å². The zero-order valence-electron chi connectivity index (χ0n) is 19.0. The fourth-order valence-corrected chi connectivity index (χ4v) is 4.95. The van der Waals surface area contributed by atoms with Crippen LogP contribution in [0.3, 0.4) is 0 Å². The Balaban J connectivity index is 1.44. The Kier molecular flexibility index (Phi) is 5.70. The molecular weight excluding hydrogens is 418 g/mol. The molecule has 1 aromatic heterocycles. The Morgan fingerprint density at radius 1 is 1.12 bits per heavy atom. The average Bonchev–Trinajstić information content (AvgIpc) is 3.48. The van der Waals surface area contributed by atoms with Gasteiger partial charge >= 0.3 is 0 Å². The molecule has 1 aliphatic carbocycles. The van der Waals surface area contributed by atoms with Crippen LogP contribution in [0.4, 0.5) is 0 Å². The summed E-state index contributed by atoms with van der Waals surface area (Å²) in [6.07, 6.45) is 4.40. The highest BCUT2D eigenvalue weighted by molar-refractivity contribution is 5.90. The van der Waals surface area contributed by atoms with E-state index in [0.29, 0.717) is 37.1 Å². The smallest absolute Gasteiger partial charge is 0.225 e. The minimum absolute atomic E-state index is 0.0711. The highest BCUT2D eigenvalue weighted by Crippen LogP contribution is 2.40. The normalized spacial score (nSPS) is 19.0. The fraction of sp³-hybridized carbons (Fsp3) is 0.385. The van der Waals surface area contributed by atoms with Crippen LogP contribution in [0.1, 0.15) is 36.3 Å². The molecule has 2 heterocycles. The molecule has 0 radical (unpaired) electrons. The minimum Gasteiger partial charge on any atom is -0.493 e. The van der Waals surface area contributed by atoms with Gasteiger partial charge in [-0.3, -0.25) is 9.59 Å². The van der Waals surface area contributed by atoms with Crippen LogP contribution in [0.2, 0.25) is 0 Å². The number of aromatic amines is 1. The summed E-state index contributed by atoms with van der Waals surface area (Å²) < 4.78 is 11.3. The molecule has 2 atom stereocenters. The molecule has 0 bridgehead atoms. The standard InChI is InChI=1S/C26H29N3O4/c1-32-23-9-5-7-19(25(23)33-2)21(20-13-27-22-8-4-3-6-18(20)22)14-28-26(31)16-12-24(30)29(15-16)17-10-11-17/h3-9,13,16-17,21,27H,10-12,14-15H2,1-2H3,(H,28,31)/t16-,21+/m1/s1. The van der Waals surface area contributed by atoms with Crippen molar-refractivity contribution in [3.05, 3.63) is 59.8 Å². The molecule has 1 saturated carbocycles. The molecule has 172 valence electrons. The molecule has 1 aliphatic heterocycles. The monoisotopic (exact) mass is 447 g/mol. The van der Waals surface area contributed by atoms with Gasteiger partial charge in [0.25, 0.3) is 0 Å². The highest BCUT2D eigenvalue weighted by Gasteiger charge is 2.41. The van der Waals surface area contributed by atoms with E-state index in [1.54, 1.807) is 14.2 Å². The fourth-order valence-electron chi connectivity index (χ4n) is 4.95. The van der Waals surface area contributed by atoms with E-state index in [-0.39, 0.29) is 23.7 Å². The van der Waals surface area contributed by atoms with Gasteiger partial charge in [0, 0.05) is 54.1 Å². The Labute approximate surface area is 193 Å². The number of carbonyl (C=O) groups excluding carboxylic acids is 2. The van der Waals surface area contributed by atoms with Crippen LogP contribution >= 0.6 is 0 Å². The Morgan fingerprint density at radius 2 is 1.94 bits per heavy atom. The van der Waals surface area contributed by atoms with Crippen molar-refractivity contribution < 1.29 is 19.1 Å². The van der Waals surface area contributed by atoms with Crippen LogP contribution in [-0.4, -0.2) is 55.0 Å². The molecule has 5 rings (SSSR count). The SMILES string of the molecule is COc1cccc([C@H](CNC(=O)[C@@H]2CC(=O)N(C3CC3)C2)c2c[nH]c3ccccc23)c1OC. The first-order chi connectivity index (χ1) is 16.1. The van der Waals surface area contributed by atoms with E-state index in [1.807, 2.05) is 47.5 Å². The van der Waals surface area contributed by atoms with E-state index in [0.717, 1.165) is 34.9 Å². The number of carbonyl (C=O) groups is 2. The predicted molar refractivity (Wildman–Crippen MR) is 126 cm³/mol. The number of H-pyrrole nitrogens is 1. The van der Waals surface area contributed by atoms with Gasteiger partial charge in [-0.05, 0) is 30.5 Å². The third-order valence-corrected chi connectivity index (χ3v) is 6.80. The summed E-state index contributed by atoms with van der Waals surface area (Å²) in [4.78, 5) is 30.6. The molecule has 3 aromatic rings. The summed E-state index contributed by atoms with van der Waals surface area (Å²) in [5, 5.41) is 4.23. The number of hydrogen-bond acceptors (Lipinski definition) is 4. The van der Waals surface area contributed by atoms with Crippen LogP contribution in [0.15, 0.2) is 48.7 Å². The van der Waals surface area contributed by atoms with E-state index in [2.05, 4.69) is 16.4 Å². The Bertz CT molecular complexity index is 1180. The molecule has 2 aliphatic rings. The maximum Gasteiger partial charge on any atom is 0.225 e. The van der Waals surface area contributed by atoms with E-state index in [9.17, 15) is 9.59 Å².